The molecule has 2 rings (SSSR count). The molecule has 2 aromatic carbocycles. The van der Waals surface area contributed by atoms with Gasteiger partial charge in [0.05, 0.1) is 7.11 Å². The summed E-state index contributed by atoms with van der Waals surface area (Å²) in [4.78, 5) is 12.0. The third-order valence-electron chi connectivity index (χ3n) is 3.26. The van der Waals surface area contributed by atoms with Crippen molar-refractivity contribution in [1.82, 2.24) is 0 Å². The third-order valence-corrected chi connectivity index (χ3v) is 3.26. The van der Waals surface area contributed by atoms with E-state index in [0.717, 1.165) is 6.42 Å². The van der Waals surface area contributed by atoms with Crippen molar-refractivity contribution in [3.8, 4) is 11.5 Å². The Bertz CT molecular complexity index is 691. The van der Waals surface area contributed by atoms with Crippen LogP contribution in [0.1, 0.15) is 12.5 Å². The van der Waals surface area contributed by atoms with Crippen LogP contribution in [0.5, 0.6) is 11.5 Å². The average Bonchev–Trinajstić information content (AvgIpc) is 2.56. The summed E-state index contributed by atoms with van der Waals surface area (Å²) in [6, 6.07) is 11.2. The van der Waals surface area contributed by atoms with Gasteiger partial charge in [0.25, 0.3) is 0 Å². The van der Waals surface area contributed by atoms with Crippen LogP contribution in [0.25, 0.3) is 0 Å². The molecule has 0 saturated heterocycles. The molecule has 0 aliphatic heterocycles. The molecular formula is C17H18F2N2O3. The smallest absolute Gasteiger partial charge is 0.387 e. The monoisotopic (exact) mass is 336 g/mol. The Morgan fingerprint density at radius 1 is 1.04 bits per heavy atom. The third kappa shape index (κ3) is 4.84. The van der Waals surface area contributed by atoms with Gasteiger partial charge < -0.3 is 20.1 Å². The highest BCUT2D eigenvalue weighted by Gasteiger charge is 2.12. The lowest BCUT2D eigenvalue weighted by molar-refractivity contribution is -0.0512. The van der Waals surface area contributed by atoms with Gasteiger partial charge in [-0.25, -0.2) is 4.79 Å². The first kappa shape index (κ1) is 17.5. The summed E-state index contributed by atoms with van der Waals surface area (Å²) in [6.07, 6.45) is 0.916. The van der Waals surface area contributed by atoms with Crippen LogP contribution >= 0.6 is 0 Å². The lowest BCUT2D eigenvalue weighted by atomic mass is 10.1. The number of carbonyl (C=O) groups excluding carboxylic acids is 1. The molecule has 0 fully saturated rings. The van der Waals surface area contributed by atoms with E-state index in [0.29, 0.717) is 11.4 Å². The van der Waals surface area contributed by atoms with E-state index in [1.165, 1.54) is 30.9 Å². The molecule has 0 aliphatic carbocycles. The fourth-order valence-corrected chi connectivity index (χ4v) is 2.06. The van der Waals surface area contributed by atoms with Crippen molar-refractivity contribution < 1.29 is 23.0 Å². The minimum Gasteiger partial charge on any atom is -0.493 e. The number of carbonyl (C=O) groups is 1. The van der Waals surface area contributed by atoms with E-state index in [1.54, 1.807) is 12.1 Å². The van der Waals surface area contributed by atoms with Gasteiger partial charge in [0.15, 0.2) is 11.5 Å². The number of hydrogen-bond donors (Lipinski definition) is 2. The van der Waals surface area contributed by atoms with Crippen LogP contribution in [-0.2, 0) is 6.42 Å². The van der Waals surface area contributed by atoms with E-state index in [-0.39, 0.29) is 11.5 Å². The SMILES string of the molecule is CCc1ccc(NC(=O)Nc2ccc(OC(F)F)c(OC)c2)cc1. The first-order valence-electron chi connectivity index (χ1n) is 7.31. The highest BCUT2D eigenvalue weighted by atomic mass is 19.3. The summed E-state index contributed by atoms with van der Waals surface area (Å²) in [5, 5.41) is 5.29. The summed E-state index contributed by atoms with van der Waals surface area (Å²) in [5.74, 6) is -0.00555. The number of rotatable bonds is 6. The zero-order chi connectivity index (χ0) is 17.5. The van der Waals surface area contributed by atoms with Crippen LogP contribution in [-0.4, -0.2) is 19.8 Å². The summed E-state index contributed by atoms with van der Waals surface area (Å²) < 4.78 is 33.9. The van der Waals surface area contributed by atoms with Crippen molar-refractivity contribution in [3.63, 3.8) is 0 Å². The zero-order valence-corrected chi connectivity index (χ0v) is 13.3. The summed E-state index contributed by atoms with van der Waals surface area (Å²) in [7, 11) is 1.33. The second-order valence-electron chi connectivity index (χ2n) is 4.87. The summed E-state index contributed by atoms with van der Waals surface area (Å²) in [5.41, 5.74) is 2.20. The predicted molar refractivity (Wildman–Crippen MR) is 88.1 cm³/mol. The second-order valence-corrected chi connectivity index (χ2v) is 4.87. The molecule has 5 nitrogen and oxygen atoms in total. The Morgan fingerprint density at radius 2 is 1.67 bits per heavy atom. The Balaban J connectivity index is 2.02. The quantitative estimate of drug-likeness (QED) is 0.816. The maximum atomic E-state index is 12.3. The molecule has 24 heavy (non-hydrogen) atoms. The molecule has 0 bridgehead atoms. The minimum atomic E-state index is -2.95. The molecule has 0 heterocycles. The van der Waals surface area contributed by atoms with E-state index >= 15 is 0 Å². The van der Waals surface area contributed by atoms with Crippen LogP contribution in [0.3, 0.4) is 0 Å². The molecule has 0 unspecified atom stereocenters. The van der Waals surface area contributed by atoms with Gasteiger partial charge in [-0.05, 0) is 36.2 Å². The van der Waals surface area contributed by atoms with E-state index in [2.05, 4.69) is 15.4 Å². The lowest BCUT2D eigenvalue weighted by Gasteiger charge is -2.12. The highest BCUT2D eigenvalue weighted by Crippen LogP contribution is 2.31. The molecule has 2 amide bonds. The molecule has 0 aliphatic rings. The number of alkyl halides is 2. The van der Waals surface area contributed by atoms with Crippen molar-refractivity contribution >= 4 is 17.4 Å². The number of urea groups is 1. The van der Waals surface area contributed by atoms with Gasteiger partial charge in [0, 0.05) is 17.4 Å². The van der Waals surface area contributed by atoms with Gasteiger partial charge in [0.2, 0.25) is 0 Å². The fourth-order valence-electron chi connectivity index (χ4n) is 2.06. The van der Waals surface area contributed by atoms with Gasteiger partial charge in [-0.3, -0.25) is 0 Å². The van der Waals surface area contributed by atoms with Crippen LogP contribution in [0.4, 0.5) is 25.0 Å². The van der Waals surface area contributed by atoms with Gasteiger partial charge in [-0.15, -0.1) is 0 Å². The van der Waals surface area contributed by atoms with Gasteiger partial charge in [-0.2, -0.15) is 8.78 Å². The van der Waals surface area contributed by atoms with E-state index in [4.69, 9.17) is 4.74 Å². The summed E-state index contributed by atoms with van der Waals surface area (Å²) >= 11 is 0. The average molecular weight is 336 g/mol. The first-order valence-corrected chi connectivity index (χ1v) is 7.31. The maximum absolute atomic E-state index is 12.3. The molecule has 7 heteroatoms. The molecule has 0 atom stereocenters. The second kappa shape index (κ2) is 8.14. The van der Waals surface area contributed by atoms with Crippen molar-refractivity contribution in [2.75, 3.05) is 17.7 Å². The minimum absolute atomic E-state index is 0.0976. The fraction of sp³-hybridized carbons (Fsp3) is 0.235. The van der Waals surface area contributed by atoms with E-state index < -0.39 is 12.6 Å². The Kier molecular flexibility index (Phi) is 5.95. The number of hydrogen-bond acceptors (Lipinski definition) is 3. The Labute approximate surface area is 138 Å². The number of aryl methyl sites for hydroxylation is 1. The van der Waals surface area contributed by atoms with Crippen LogP contribution in [0.2, 0.25) is 0 Å². The Hall–Kier alpha value is -2.83. The van der Waals surface area contributed by atoms with Crippen LogP contribution < -0.4 is 20.1 Å². The maximum Gasteiger partial charge on any atom is 0.387 e. The number of methoxy groups -OCH3 is 1. The lowest BCUT2D eigenvalue weighted by Crippen LogP contribution is -2.19. The normalized spacial score (nSPS) is 10.4. The molecule has 2 N–H and O–H groups in total. The molecular weight excluding hydrogens is 318 g/mol. The Morgan fingerprint density at radius 3 is 2.25 bits per heavy atom. The van der Waals surface area contributed by atoms with E-state index in [9.17, 15) is 13.6 Å². The predicted octanol–water partition coefficient (Wildman–Crippen LogP) is 4.50. The van der Waals surface area contributed by atoms with Gasteiger partial charge in [0.1, 0.15) is 0 Å². The van der Waals surface area contributed by atoms with Gasteiger partial charge >= 0.3 is 12.6 Å². The van der Waals surface area contributed by atoms with Crippen molar-refractivity contribution in [3.05, 3.63) is 48.0 Å². The molecule has 0 radical (unpaired) electrons. The largest absolute Gasteiger partial charge is 0.493 e. The summed E-state index contributed by atoms with van der Waals surface area (Å²) in [6.45, 7) is -0.906. The first-order chi connectivity index (χ1) is 11.5. The number of ether oxygens (including phenoxy) is 2. The van der Waals surface area contributed by atoms with Crippen LogP contribution in [0, 0.1) is 0 Å². The van der Waals surface area contributed by atoms with Gasteiger partial charge in [-0.1, -0.05) is 19.1 Å². The molecule has 0 aromatic heterocycles. The highest BCUT2D eigenvalue weighted by molar-refractivity contribution is 5.99. The molecule has 0 saturated carbocycles. The zero-order valence-electron chi connectivity index (χ0n) is 13.3. The number of benzene rings is 2. The van der Waals surface area contributed by atoms with Crippen molar-refractivity contribution in [1.29, 1.82) is 0 Å². The number of anilines is 2. The van der Waals surface area contributed by atoms with Crippen LogP contribution in [0.15, 0.2) is 42.5 Å². The standard InChI is InChI=1S/C17H18F2N2O3/c1-3-11-4-6-12(7-5-11)20-17(22)21-13-8-9-14(24-16(18)19)15(10-13)23-2/h4-10,16H,3H2,1-2H3,(H2,20,21,22). The topological polar surface area (TPSA) is 59.6 Å². The number of amides is 2. The molecule has 128 valence electrons. The molecule has 0 spiro atoms. The van der Waals surface area contributed by atoms with E-state index in [1.807, 2.05) is 19.1 Å². The van der Waals surface area contributed by atoms with Crippen molar-refractivity contribution in [2.24, 2.45) is 0 Å². The number of nitrogens with one attached hydrogen (secondary N) is 2. The van der Waals surface area contributed by atoms with Crippen molar-refractivity contribution in [2.45, 2.75) is 20.0 Å². The number of halogens is 2. The molecule has 2 aromatic rings.